The van der Waals surface area contributed by atoms with Crippen molar-refractivity contribution in [3.63, 3.8) is 0 Å². The van der Waals surface area contributed by atoms with Crippen molar-refractivity contribution < 1.29 is 9.53 Å². The predicted octanol–water partition coefficient (Wildman–Crippen LogP) is 3.60. The van der Waals surface area contributed by atoms with Crippen LogP contribution in [0.1, 0.15) is 22.4 Å². The van der Waals surface area contributed by atoms with Crippen molar-refractivity contribution in [1.82, 2.24) is 9.88 Å². The number of nitrogens with zero attached hydrogens (tertiary/aromatic N) is 1. The zero-order chi connectivity index (χ0) is 20.6. The van der Waals surface area contributed by atoms with E-state index in [1.54, 1.807) is 16.8 Å². The summed E-state index contributed by atoms with van der Waals surface area (Å²) < 4.78 is 7.43. The van der Waals surface area contributed by atoms with E-state index in [4.69, 9.17) is 4.74 Å². The van der Waals surface area contributed by atoms with Crippen LogP contribution in [0.5, 0.6) is 5.75 Å². The maximum absolute atomic E-state index is 12.3. The first-order chi connectivity index (χ1) is 14.0. The van der Waals surface area contributed by atoms with Crippen LogP contribution in [-0.4, -0.2) is 10.5 Å². The van der Waals surface area contributed by atoms with Gasteiger partial charge >= 0.3 is 0 Å². The Kier molecular flexibility index (Phi) is 6.63. The van der Waals surface area contributed by atoms with Gasteiger partial charge in [0, 0.05) is 24.9 Å². The van der Waals surface area contributed by atoms with E-state index in [0.29, 0.717) is 12.3 Å². The van der Waals surface area contributed by atoms with E-state index in [1.165, 1.54) is 17.7 Å². The van der Waals surface area contributed by atoms with Gasteiger partial charge in [-0.2, -0.15) is 0 Å². The van der Waals surface area contributed by atoms with Gasteiger partial charge in [-0.05, 0) is 24.1 Å². The molecule has 0 aliphatic carbocycles. The third kappa shape index (κ3) is 5.94. The highest BCUT2D eigenvalue weighted by Gasteiger charge is 2.07. The fraction of sp³-hybridized carbons (Fsp3) is 0.167. The largest absolute Gasteiger partial charge is 0.483 e. The molecule has 29 heavy (non-hydrogen) atoms. The van der Waals surface area contributed by atoms with Gasteiger partial charge in [0.1, 0.15) is 6.61 Å². The quantitative estimate of drug-likeness (QED) is 0.629. The Morgan fingerprint density at radius 2 is 1.83 bits per heavy atom. The minimum absolute atomic E-state index is 0.210. The SMILES string of the molecule is Cc1ccc(/C=C/C(=O)NCc2cc(=O)c(OCc3ccccc3)cn2C)cc1. The number of aryl methyl sites for hydroxylation is 2. The Morgan fingerprint density at radius 3 is 2.55 bits per heavy atom. The summed E-state index contributed by atoms with van der Waals surface area (Å²) in [5, 5.41) is 2.80. The number of carbonyl (C=O) groups is 1. The average molecular weight is 388 g/mol. The van der Waals surface area contributed by atoms with Crippen molar-refractivity contribution in [2.45, 2.75) is 20.1 Å². The highest BCUT2D eigenvalue weighted by Crippen LogP contribution is 2.09. The average Bonchev–Trinajstić information content (AvgIpc) is 2.73. The lowest BCUT2D eigenvalue weighted by molar-refractivity contribution is -0.116. The zero-order valence-corrected chi connectivity index (χ0v) is 16.6. The van der Waals surface area contributed by atoms with Gasteiger partial charge in [0.15, 0.2) is 5.75 Å². The maximum atomic E-state index is 12.3. The molecule has 1 heterocycles. The van der Waals surface area contributed by atoms with Crippen LogP contribution < -0.4 is 15.5 Å². The normalized spacial score (nSPS) is 10.8. The predicted molar refractivity (Wildman–Crippen MR) is 115 cm³/mol. The number of carbonyl (C=O) groups excluding carboxylic acids is 1. The summed E-state index contributed by atoms with van der Waals surface area (Å²) in [5.74, 6) is 0.0631. The van der Waals surface area contributed by atoms with E-state index in [-0.39, 0.29) is 23.6 Å². The fourth-order valence-electron chi connectivity index (χ4n) is 2.75. The van der Waals surface area contributed by atoms with Crippen LogP contribution in [0.3, 0.4) is 0 Å². The van der Waals surface area contributed by atoms with Crippen LogP contribution in [-0.2, 0) is 25.0 Å². The van der Waals surface area contributed by atoms with Crippen molar-refractivity contribution in [2.75, 3.05) is 0 Å². The van der Waals surface area contributed by atoms with Crippen molar-refractivity contribution in [3.05, 3.63) is 106 Å². The molecule has 148 valence electrons. The van der Waals surface area contributed by atoms with Gasteiger partial charge in [0.05, 0.1) is 12.7 Å². The molecule has 0 aliphatic rings. The van der Waals surface area contributed by atoms with Gasteiger partial charge in [-0.1, -0.05) is 60.2 Å². The Hall–Kier alpha value is -3.60. The van der Waals surface area contributed by atoms with Crippen LogP contribution >= 0.6 is 0 Å². The second-order valence-corrected chi connectivity index (χ2v) is 6.84. The first kappa shape index (κ1) is 20.1. The molecule has 1 N–H and O–H groups in total. The summed E-state index contributed by atoms with van der Waals surface area (Å²) in [6.45, 7) is 2.60. The topological polar surface area (TPSA) is 60.3 Å². The highest BCUT2D eigenvalue weighted by atomic mass is 16.5. The monoisotopic (exact) mass is 388 g/mol. The molecule has 5 nitrogen and oxygen atoms in total. The molecule has 0 fully saturated rings. The molecule has 0 saturated heterocycles. The van der Waals surface area contributed by atoms with Gasteiger partial charge in [-0.25, -0.2) is 0 Å². The Balaban J connectivity index is 1.58. The lowest BCUT2D eigenvalue weighted by Crippen LogP contribution is -2.24. The Labute approximate surface area is 170 Å². The van der Waals surface area contributed by atoms with Gasteiger partial charge < -0.3 is 14.6 Å². The number of hydrogen-bond donors (Lipinski definition) is 1. The van der Waals surface area contributed by atoms with Crippen LogP contribution in [0.4, 0.5) is 0 Å². The molecule has 0 atom stereocenters. The number of benzene rings is 2. The molecule has 0 spiro atoms. The molecule has 1 aromatic heterocycles. The minimum Gasteiger partial charge on any atom is -0.483 e. The molecule has 0 bridgehead atoms. The molecule has 3 aromatic rings. The zero-order valence-electron chi connectivity index (χ0n) is 16.6. The third-order valence-electron chi connectivity index (χ3n) is 4.49. The number of aromatic nitrogens is 1. The summed E-state index contributed by atoms with van der Waals surface area (Å²) in [6.07, 6.45) is 4.89. The van der Waals surface area contributed by atoms with E-state index >= 15 is 0 Å². The molecular formula is C24H24N2O3. The summed E-state index contributed by atoms with van der Waals surface area (Å²) >= 11 is 0. The van der Waals surface area contributed by atoms with Crippen molar-refractivity contribution in [3.8, 4) is 5.75 Å². The third-order valence-corrected chi connectivity index (χ3v) is 4.49. The summed E-state index contributed by atoms with van der Waals surface area (Å²) in [5.41, 5.74) is 3.60. The van der Waals surface area contributed by atoms with E-state index in [9.17, 15) is 9.59 Å². The minimum atomic E-state index is -0.220. The van der Waals surface area contributed by atoms with E-state index < -0.39 is 0 Å². The van der Waals surface area contributed by atoms with Crippen LogP contribution in [0.15, 0.2) is 77.7 Å². The number of pyridine rings is 1. The molecule has 1 amide bonds. The highest BCUT2D eigenvalue weighted by molar-refractivity contribution is 5.91. The van der Waals surface area contributed by atoms with Crippen molar-refractivity contribution >= 4 is 12.0 Å². The summed E-state index contributed by atoms with van der Waals surface area (Å²) in [4.78, 5) is 24.4. The second kappa shape index (κ2) is 9.55. The van der Waals surface area contributed by atoms with Gasteiger partial charge in [0.2, 0.25) is 11.3 Å². The number of hydrogen-bond acceptors (Lipinski definition) is 3. The molecule has 0 saturated carbocycles. The maximum Gasteiger partial charge on any atom is 0.244 e. The molecule has 3 rings (SSSR count). The van der Waals surface area contributed by atoms with Crippen molar-refractivity contribution in [1.29, 1.82) is 0 Å². The molecule has 0 unspecified atom stereocenters. The standard InChI is InChI=1S/C24H24N2O3/c1-18-8-10-19(11-9-18)12-13-24(28)25-15-21-14-22(27)23(16-26(21)2)29-17-20-6-4-3-5-7-20/h3-14,16H,15,17H2,1-2H3,(H,25,28)/b13-12+. The van der Waals surface area contributed by atoms with Crippen molar-refractivity contribution in [2.24, 2.45) is 7.05 Å². The van der Waals surface area contributed by atoms with Gasteiger partial charge in [0.25, 0.3) is 0 Å². The van der Waals surface area contributed by atoms with E-state index in [1.807, 2.05) is 68.6 Å². The summed E-state index contributed by atoms with van der Waals surface area (Å²) in [7, 11) is 1.82. The van der Waals surface area contributed by atoms with E-state index in [0.717, 1.165) is 11.1 Å². The molecule has 5 heteroatoms. The van der Waals surface area contributed by atoms with Gasteiger partial charge in [-0.15, -0.1) is 0 Å². The molecule has 0 aliphatic heterocycles. The van der Waals surface area contributed by atoms with Gasteiger partial charge in [-0.3, -0.25) is 9.59 Å². The Bertz CT molecular complexity index is 1050. The first-order valence-corrected chi connectivity index (χ1v) is 9.40. The Morgan fingerprint density at radius 1 is 1.10 bits per heavy atom. The number of ether oxygens (including phenoxy) is 1. The molecular weight excluding hydrogens is 364 g/mol. The first-order valence-electron chi connectivity index (χ1n) is 9.40. The number of amides is 1. The lowest BCUT2D eigenvalue weighted by atomic mass is 10.1. The summed E-state index contributed by atoms with van der Waals surface area (Å²) in [6, 6.07) is 19.1. The number of nitrogens with one attached hydrogen (secondary N) is 1. The fourth-order valence-corrected chi connectivity index (χ4v) is 2.75. The smallest absolute Gasteiger partial charge is 0.244 e. The van der Waals surface area contributed by atoms with E-state index in [2.05, 4.69) is 5.32 Å². The van der Waals surface area contributed by atoms with Crippen LogP contribution in [0.25, 0.3) is 6.08 Å². The lowest BCUT2D eigenvalue weighted by Gasteiger charge is -2.12. The van der Waals surface area contributed by atoms with Crippen LogP contribution in [0.2, 0.25) is 0 Å². The second-order valence-electron chi connectivity index (χ2n) is 6.84. The molecule has 0 radical (unpaired) electrons. The van der Waals surface area contributed by atoms with Crippen LogP contribution in [0, 0.1) is 6.92 Å². The molecule has 2 aromatic carbocycles. The number of rotatable bonds is 7.